The molecule has 0 spiro atoms. The second kappa shape index (κ2) is 6.06. The number of urea groups is 1. The molecule has 6 heteroatoms. The van der Waals surface area contributed by atoms with Gasteiger partial charge in [-0.2, -0.15) is 0 Å². The van der Waals surface area contributed by atoms with Gasteiger partial charge in [0, 0.05) is 19.5 Å². The first kappa shape index (κ1) is 13.9. The Kier molecular flexibility index (Phi) is 4.42. The fraction of sp³-hybridized carbons (Fsp3) is 0.692. The molecular formula is C13H21N3O3. The van der Waals surface area contributed by atoms with Crippen LogP contribution in [0.1, 0.15) is 30.7 Å². The normalized spacial score (nSPS) is 22.5. The lowest BCUT2D eigenvalue weighted by atomic mass is 10.1. The number of carbonyl (C=O) groups excluding carboxylic acids is 1. The molecule has 1 heterocycles. The van der Waals surface area contributed by atoms with Crippen LogP contribution in [-0.4, -0.2) is 40.7 Å². The molecule has 0 aliphatic heterocycles. The van der Waals surface area contributed by atoms with Crippen molar-refractivity contribution in [1.82, 2.24) is 15.2 Å². The van der Waals surface area contributed by atoms with Crippen LogP contribution in [0.3, 0.4) is 0 Å². The number of amides is 2. The van der Waals surface area contributed by atoms with Crippen LogP contribution >= 0.6 is 0 Å². The Morgan fingerprint density at radius 2 is 2.42 bits per heavy atom. The molecule has 0 aromatic carbocycles. The molecule has 1 aromatic heterocycles. The molecule has 1 fully saturated rings. The van der Waals surface area contributed by atoms with Gasteiger partial charge in [0.2, 0.25) is 0 Å². The molecule has 2 atom stereocenters. The molecule has 0 saturated heterocycles. The molecule has 106 valence electrons. The summed E-state index contributed by atoms with van der Waals surface area (Å²) in [4.78, 5) is 17.6. The first-order valence-corrected chi connectivity index (χ1v) is 6.64. The van der Waals surface area contributed by atoms with Crippen LogP contribution in [0.5, 0.6) is 0 Å². The third-order valence-electron chi connectivity index (χ3n) is 3.73. The summed E-state index contributed by atoms with van der Waals surface area (Å²) in [7, 11) is 1.75. The van der Waals surface area contributed by atoms with E-state index in [1.54, 1.807) is 11.9 Å². The van der Waals surface area contributed by atoms with Gasteiger partial charge in [-0.3, -0.25) is 0 Å². The summed E-state index contributed by atoms with van der Waals surface area (Å²) in [5.41, 5.74) is 0.739. The standard InChI is InChI=1S/C13H21N3O3/c1-9-11(15-8-19-9)6-14-13(18)16(2)7-10-4-3-5-12(10)17/h8,10,12,17H,3-7H2,1-2H3,(H,14,18). The lowest BCUT2D eigenvalue weighted by Gasteiger charge is -2.23. The van der Waals surface area contributed by atoms with Gasteiger partial charge in [-0.1, -0.05) is 6.42 Å². The average Bonchev–Trinajstić information content (AvgIpc) is 2.96. The van der Waals surface area contributed by atoms with E-state index in [-0.39, 0.29) is 18.1 Å². The van der Waals surface area contributed by atoms with Gasteiger partial charge in [0.1, 0.15) is 11.5 Å². The molecule has 1 aromatic rings. The topological polar surface area (TPSA) is 78.6 Å². The van der Waals surface area contributed by atoms with E-state index in [0.717, 1.165) is 25.0 Å². The van der Waals surface area contributed by atoms with E-state index < -0.39 is 0 Å². The second-order valence-corrected chi connectivity index (χ2v) is 5.15. The maximum Gasteiger partial charge on any atom is 0.317 e. The van der Waals surface area contributed by atoms with Gasteiger partial charge in [0.05, 0.1) is 12.6 Å². The van der Waals surface area contributed by atoms with Crippen LogP contribution in [-0.2, 0) is 6.54 Å². The SMILES string of the molecule is Cc1ocnc1CNC(=O)N(C)CC1CCCC1O. The van der Waals surface area contributed by atoms with Gasteiger partial charge in [-0.05, 0) is 19.8 Å². The maximum absolute atomic E-state index is 11.9. The highest BCUT2D eigenvalue weighted by Crippen LogP contribution is 2.25. The molecular weight excluding hydrogens is 246 g/mol. The van der Waals surface area contributed by atoms with Crippen LogP contribution < -0.4 is 5.32 Å². The molecule has 2 unspecified atom stereocenters. The summed E-state index contributed by atoms with van der Waals surface area (Å²) in [5.74, 6) is 0.915. The summed E-state index contributed by atoms with van der Waals surface area (Å²) in [5, 5.41) is 12.6. The van der Waals surface area contributed by atoms with E-state index in [9.17, 15) is 9.90 Å². The number of oxazole rings is 1. The molecule has 2 amide bonds. The maximum atomic E-state index is 11.9. The third-order valence-corrected chi connectivity index (χ3v) is 3.73. The zero-order chi connectivity index (χ0) is 13.8. The van der Waals surface area contributed by atoms with Gasteiger partial charge in [-0.15, -0.1) is 0 Å². The zero-order valence-corrected chi connectivity index (χ0v) is 11.4. The van der Waals surface area contributed by atoms with E-state index in [1.807, 2.05) is 6.92 Å². The molecule has 19 heavy (non-hydrogen) atoms. The molecule has 1 saturated carbocycles. The molecule has 0 radical (unpaired) electrons. The highest BCUT2D eigenvalue weighted by atomic mass is 16.3. The van der Waals surface area contributed by atoms with E-state index >= 15 is 0 Å². The predicted molar refractivity (Wildman–Crippen MR) is 69.5 cm³/mol. The van der Waals surface area contributed by atoms with Gasteiger partial charge in [-0.25, -0.2) is 9.78 Å². The Labute approximate surface area is 112 Å². The summed E-state index contributed by atoms with van der Waals surface area (Å²) in [6, 6.07) is -0.151. The van der Waals surface area contributed by atoms with E-state index in [2.05, 4.69) is 10.3 Å². The minimum atomic E-state index is -0.270. The summed E-state index contributed by atoms with van der Waals surface area (Å²) in [6.07, 6.45) is 3.97. The molecule has 2 rings (SSSR count). The first-order chi connectivity index (χ1) is 9.08. The molecule has 6 nitrogen and oxygen atoms in total. The van der Waals surface area contributed by atoms with Gasteiger partial charge in [0.15, 0.2) is 6.39 Å². The summed E-state index contributed by atoms with van der Waals surface area (Å²) >= 11 is 0. The minimum absolute atomic E-state index is 0.151. The van der Waals surface area contributed by atoms with Crippen LogP contribution in [0.25, 0.3) is 0 Å². The molecule has 0 bridgehead atoms. The van der Waals surface area contributed by atoms with Crippen molar-refractivity contribution in [3.05, 3.63) is 17.8 Å². The number of aryl methyl sites for hydroxylation is 1. The zero-order valence-electron chi connectivity index (χ0n) is 11.4. The second-order valence-electron chi connectivity index (χ2n) is 5.15. The quantitative estimate of drug-likeness (QED) is 0.861. The van der Waals surface area contributed by atoms with Gasteiger partial charge in [0.25, 0.3) is 0 Å². The summed E-state index contributed by atoms with van der Waals surface area (Å²) < 4.78 is 5.07. The van der Waals surface area contributed by atoms with Crippen molar-refractivity contribution in [3.8, 4) is 0 Å². The molecule has 1 aliphatic carbocycles. The van der Waals surface area contributed by atoms with Crippen molar-refractivity contribution in [2.45, 2.75) is 38.8 Å². The number of aromatic nitrogens is 1. The number of hydrogen-bond acceptors (Lipinski definition) is 4. The number of aliphatic hydroxyl groups excluding tert-OH is 1. The fourth-order valence-electron chi connectivity index (χ4n) is 2.46. The monoisotopic (exact) mass is 267 g/mol. The molecule has 1 aliphatic rings. The van der Waals surface area contributed by atoms with Crippen molar-refractivity contribution in [1.29, 1.82) is 0 Å². The number of rotatable bonds is 4. The number of nitrogens with one attached hydrogen (secondary N) is 1. The minimum Gasteiger partial charge on any atom is -0.448 e. The van der Waals surface area contributed by atoms with Gasteiger partial charge >= 0.3 is 6.03 Å². The highest BCUT2D eigenvalue weighted by Gasteiger charge is 2.27. The number of carbonyl (C=O) groups is 1. The number of aliphatic hydroxyl groups is 1. The Bertz CT molecular complexity index is 433. The predicted octanol–water partition coefficient (Wildman–Crippen LogP) is 1.29. The van der Waals surface area contributed by atoms with Crippen LogP contribution in [0.2, 0.25) is 0 Å². The largest absolute Gasteiger partial charge is 0.448 e. The first-order valence-electron chi connectivity index (χ1n) is 6.64. The Hall–Kier alpha value is -1.56. The third kappa shape index (κ3) is 3.47. The summed E-state index contributed by atoms with van der Waals surface area (Å²) in [6.45, 7) is 2.76. The highest BCUT2D eigenvalue weighted by molar-refractivity contribution is 5.73. The van der Waals surface area contributed by atoms with Crippen molar-refractivity contribution in [3.63, 3.8) is 0 Å². The van der Waals surface area contributed by atoms with Crippen molar-refractivity contribution in [2.24, 2.45) is 5.92 Å². The average molecular weight is 267 g/mol. The van der Waals surface area contributed by atoms with Crippen molar-refractivity contribution < 1.29 is 14.3 Å². The Morgan fingerprint density at radius 1 is 1.63 bits per heavy atom. The van der Waals surface area contributed by atoms with E-state index in [4.69, 9.17) is 4.42 Å². The van der Waals surface area contributed by atoms with Crippen molar-refractivity contribution >= 4 is 6.03 Å². The lowest BCUT2D eigenvalue weighted by Crippen LogP contribution is -2.41. The molecule has 2 N–H and O–H groups in total. The van der Waals surface area contributed by atoms with Crippen molar-refractivity contribution in [2.75, 3.05) is 13.6 Å². The van der Waals surface area contributed by atoms with Crippen LogP contribution in [0.4, 0.5) is 4.79 Å². The fourth-order valence-corrected chi connectivity index (χ4v) is 2.46. The van der Waals surface area contributed by atoms with E-state index in [0.29, 0.717) is 18.8 Å². The van der Waals surface area contributed by atoms with E-state index in [1.165, 1.54) is 6.39 Å². The number of hydrogen-bond donors (Lipinski definition) is 2. The Balaban J connectivity index is 1.77. The van der Waals surface area contributed by atoms with Crippen LogP contribution in [0, 0.1) is 12.8 Å². The lowest BCUT2D eigenvalue weighted by molar-refractivity contribution is 0.114. The van der Waals surface area contributed by atoms with Crippen LogP contribution in [0.15, 0.2) is 10.8 Å². The number of nitrogens with zero attached hydrogens (tertiary/aromatic N) is 2. The Morgan fingerprint density at radius 3 is 3.00 bits per heavy atom. The smallest absolute Gasteiger partial charge is 0.317 e. The van der Waals surface area contributed by atoms with Gasteiger partial charge < -0.3 is 19.7 Å².